The highest BCUT2D eigenvalue weighted by atomic mass is 15.3. The zero-order valence-electron chi connectivity index (χ0n) is 17.1. The molecule has 27 heavy (non-hydrogen) atoms. The Bertz CT molecular complexity index is 653. The summed E-state index contributed by atoms with van der Waals surface area (Å²) in [5, 5.41) is 11.1. The molecule has 0 saturated heterocycles. The predicted molar refractivity (Wildman–Crippen MR) is 113 cm³/mol. The molecule has 1 heterocycles. The summed E-state index contributed by atoms with van der Waals surface area (Å²) >= 11 is 0. The average molecular weight is 371 g/mol. The molecule has 2 unspecified atom stereocenters. The minimum atomic E-state index is 0.472. The Hall–Kier alpha value is -2.34. The Kier molecular flexibility index (Phi) is 8.84. The van der Waals surface area contributed by atoms with Gasteiger partial charge in [0.25, 0.3) is 0 Å². The zero-order chi connectivity index (χ0) is 19.5. The molecule has 2 N–H and O–H groups in total. The molecule has 1 aromatic carbocycles. The highest BCUT2D eigenvalue weighted by Crippen LogP contribution is 2.07. The van der Waals surface area contributed by atoms with E-state index in [1.807, 2.05) is 30.2 Å². The number of nitrogens with zero attached hydrogens (tertiary/aromatic N) is 4. The summed E-state index contributed by atoms with van der Waals surface area (Å²) in [7, 11) is 4.00. The van der Waals surface area contributed by atoms with Crippen molar-refractivity contribution in [2.24, 2.45) is 10.9 Å². The van der Waals surface area contributed by atoms with E-state index in [1.165, 1.54) is 5.56 Å². The van der Waals surface area contributed by atoms with E-state index in [4.69, 9.17) is 0 Å². The maximum atomic E-state index is 4.32. The molecule has 0 fully saturated rings. The van der Waals surface area contributed by atoms with Crippen LogP contribution in [0.25, 0.3) is 0 Å². The van der Waals surface area contributed by atoms with Crippen LogP contribution in [-0.4, -0.2) is 53.9 Å². The third kappa shape index (κ3) is 7.83. The quantitative estimate of drug-likeness (QED) is 0.499. The van der Waals surface area contributed by atoms with Crippen LogP contribution in [0, 0.1) is 5.92 Å². The van der Waals surface area contributed by atoms with Gasteiger partial charge >= 0.3 is 0 Å². The first-order valence-corrected chi connectivity index (χ1v) is 9.74. The summed E-state index contributed by atoms with van der Waals surface area (Å²) in [5.74, 6) is 1.33. The maximum Gasteiger partial charge on any atom is 0.190 e. The SMILES string of the molecule is CN=C(NCCC(C)N(C)Cc1ccccc1)NCC(C)Cn1cccn1. The first-order chi connectivity index (χ1) is 13.1. The van der Waals surface area contributed by atoms with Crippen molar-refractivity contribution < 1.29 is 0 Å². The van der Waals surface area contributed by atoms with E-state index in [-0.39, 0.29) is 0 Å². The van der Waals surface area contributed by atoms with Crippen molar-refractivity contribution in [1.29, 1.82) is 0 Å². The first kappa shape index (κ1) is 21.0. The van der Waals surface area contributed by atoms with Crippen molar-refractivity contribution in [3.8, 4) is 0 Å². The fourth-order valence-electron chi connectivity index (χ4n) is 2.93. The summed E-state index contributed by atoms with van der Waals surface area (Å²) in [6.07, 6.45) is 4.88. The molecule has 1 aromatic heterocycles. The molecule has 0 radical (unpaired) electrons. The van der Waals surface area contributed by atoms with Gasteiger partial charge < -0.3 is 10.6 Å². The fraction of sp³-hybridized carbons (Fsp3) is 0.524. The lowest BCUT2D eigenvalue weighted by atomic mass is 10.1. The van der Waals surface area contributed by atoms with Gasteiger partial charge in [-0.25, -0.2) is 0 Å². The third-order valence-corrected chi connectivity index (χ3v) is 4.78. The number of hydrogen-bond acceptors (Lipinski definition) is 3. The van der Waals surface area contributed by atoms with Gasteiger partial charge in [-0.15, -0.1) is 0 Å². The maximum absolute atomic E-state index is 4.32. The van der Waals surface area contributed by atoms with Gasteiger partial charge in [0.05, 0.1) is 0 Å². The lowest BCUT2D eigenvalue weighted by molar-refractivity contribution is 0.238. The summed E-state index contributed by atoms with van der Waals surface area (Å²) in [4.78, 5) is 6.71. The highest BCUT2D eigenvalue weighted by molar-refractivity contribution is 5.79. The van der Waals surface area contributed by atoms with Crippen LogP contribution in [0.4, 0.5) is 0 Å². The van der Waals surface area contributed by atoms with Gasteiger partial charge in [-0.2, -0.15) is 5.10 Å². The van der Waals surface area contributed by atoms with Crippen molar-refractivity contribution in [3.05, 3.63) is 54.4 Å². The first-order valence-electron chi connectivity index (χ1n) is 9.74. The van der Waals surface area contributed by atoms with Gasteiger partial charge in [0.15, 0.2) is 5.96 Å². The van der Waals surface area contributed by atoms with E-state index in [1.54, 1.807) is 0 Å². The van der Waals surface area contributed by atoms with Crippen LogP contribution >= 0.6 is 0 Å². The van der Waals surface area contributed by atoms with Crippen LogP contribution in [0.1, 0.15) is 25.8 Å². The zero-order valence-corrected chi connectivity index (χ0v) is 17.1. The summed E-state index contributed by atoms with van der Waals surface area (Å²) < 4.78 is 1.97. The van der Waals surface area contributed by atoms with Gasteiger partial charge in [0.2, 0.25) is 0 Å². The monoisotopic (exact) mass is 370 g/mol. The van der Waals surface area contributed by atoms with E-state index in [9.17, 15) is 0 Å². The van der Waals surface area contributed by atoms with Crippen molar-refractivity contribution in [3.63, 3.8) is 0 Å². The second kappa shape index (κ2) is 11.4. The Morgan fingerprint density at radius 2 is 1.96 bits per heavy atom. The number of nitrogens with one attached hydrogen (secondary N) is 2. The largest absolute Gasteiger partial charge is 0.356 e. The minimum absolute atomic E-state index is 0.472. The molecule has 6 nitrogen and oxygen atoms in total. The van der Waals surface area contributed by atoms with E-state index in [2.05, 4.69) is 76.9 Å². The van der Waals surface area contributed by atoms with Crippen molar-refractivity contribution >= 4 is 5.96 Å². The molecule has 0 aliphatic rings. The molecule has 2 aromatic rings. The number of benzene rings is 1. The molecule has 0 bridgehead atoms. The second-order valence-corrected chi connectivity index (χ2v) is 7.25. The van der Waals surface area contributed by atoms with E-state index in [0.29, 0.717) is 12.0 Å². The Morgan fingerprint density at radius 3 is 2.63 bits per heavy atom. The lowest BCUT2D eigenvalue weighted by Crippen LogP contribution is -2.42. The molecule has 0 saturated carbocycles. The fourth-order valence-corrected chi connectivity index (χ4v) is 2.93. The third-order valence-electron chi connectivity index (χ3n) is 4.78. The molecule has 2 atom stereocenters. The molecular weight excluding hydrogens is 336 g/mol. The highest BCUT2D eigenvalue weighted by Gasteiger charge is 2.10. The van der Waals surface area contributed by atoms with Gasteiger partial charge in [-0.05, 0) is 37.9 Å². The average Bonchev–Trinajstić information content (AvgIpc) is 3.18. The molecule has 0 aliphatic heterocycles. The van der Waals surface area contributed by atoms with Crippen molar-refractivity contribution in [1.82, 2.24) is 25.3 Å². The predicted octanol–water partition coefficient (Wildman–Crippen LogP) is 2.59. The number of hydrogen-bond donors (Lipinski definition) is 2. The molecule has 0 amide bonds. The summed E-state index contributed by atoms with van der Waals surface area (Å²) in [6, 6.07) is 13.1. The van der Waals surface area contributed by atoms with Crippen molar-refractivity contribution in [2.75, 3.05) is 27.2 Å². The second-order valence-electron chi connectivity index (χ2n) is 7.25. The number of rotatable bonds is 10. The van der Waals surface area contributed by atoms with E-state index in [0.717, 1.165) is 38.6 Å². The van der Waals surface area contributed by atoms with Crippen LogP contribution in [0.5, 0.6) is 0 Å². The molecule has 6 heteroatoms. The standard InChI is InChI=1S/C21H34N6/c1-18(16-27-14-8-12-25-27)15-24-21(22-3)23-13-11-19(2)26(4)17-20-9-6-5-7-10-20/h5-10,12,14,18-19H,11,13,15-17H2,1-4H3,(H2,22,23,24). The van der Waals surface area contributed by atoms with E-state index >= 15 is 0 Å². The normalized spacial score (nSPS) is 14.2. The van der Waals surface area contributed by atoms with Gasteiger partial charge in [0.1, 0.15) is 0 Å². The Labute approximate surface area is 163 Å². The van der Waals surface area contributed by atoms with Crippen LogP contribution in [0.2, 0.25) is 0 Å². The minimum Gasteiger partial charge on any atom is -0.356 e. The van der Waals surface area contributed by atoms with Gasteiger partial charge in [-0.1, -0.05) is 37.3 Å². The number of aliphatic imine (C=N–C) groups is 1. The van der Waals surface area contributed by atoms with Crippen molar-refractivity contribution in [2.45, 2.75) is 39.4 Å². The van der Waals surface area contributed by atoms with E-state index < -0.39 is 0 Å². The molecular formula is C21H34N6. The lowest BCUT2D eigenvalue weighted by Gasteiger charge is -2.25. The van der Waals surface area contributed by atoms with Gasteiger partial charge in [-0.3, -0.25) is 14.6 Å². The molecule has 148 valence electrons. The molecule has 2 rings (SSSR count). The Balaban J connectivity index is 1.64. The summed E-state index contributed by atoms with van der Waals surface area (Å²) in [6.45, 7) is 8.12. The van der Waals surface area contributed by atoms with Gasteiger partial charge in [0, 0.05) is 51.7 Å². The Morgan fingerprint density at radius 1 is 1.19 bits per heavy atom. The smallest absolute Gasteiger partial charge is 0.190 e. The van der Waals surface area contributed by atoms with Crippen LogP contribution in [0.3, 0.4) is 0 Å². The van der Waals surface area contributed by atoms with Crippen LogP contribution < -0.4 is 10.6 Å². The molecule has 0 spiro atoms. The number of aromatic nitrogens is 2. The van der Waals surface area contributed by atoms with Crippen LogP contribution in [0.15, 0.2) is 53.8 Å². The molecule has 0 aliphatic carbocycles. The number of guanidine groups is 1. The topological polar surface area (TPSA) is 57.5 Å². The van der Waals surface area contributed by atoms with Crippen LogP contribution in [-0.2, 0) is 13.1 Å². The summed E-state index contributed by atoms with van der Waals surface area (Å²) in [5.41, 5.74) is 1.35.